The van der Waals surface area contributed by atoms with Crippen LogP contribution in [-0.4, -0.2) is 30.9 Å². The molecule has 0 heterocycles. The SMILES string of the molecule is CCCCC(CCC)NC(=O)CNC(=O)CN.Cl. The first-order chi connectivity index (χ1) is 8.13. The number of nitrogens with one attached hydrogen (secondary N) is 2. The van der Waals surface area contributed by atoms with Gasteiger partial charge in [0.05, 0.1) is 13.1 Å². The molecule has 0 spiro atoms. The van der Waals surface area contributed by atoms with Crippen LogP contribution in [0.3, 0.4) is 0 Å². The molecule has 0 aromatic heterocycles. The van der Waals surface area contributed by atoms with E-state index in [0.717, 1.165) is 32.1 Å². The Morgan fingerprint density at radius 3 is 2.28 bits per heavy atom. The zero-order valence-corrected chi connectivity index (χ0v) is 12.1. The lowest BCUT2D eigenvalue weighted by Gasteiger charge is -2.17. The highest BCUT2D eigenvalue weighted by molar-refractivity contribution is 5.85. The van der Waals surface area contributed by atoms with E-state index in [1.54, 1.807) is 0 Å². The fourth-order valence-corrected chi connectivity index (χ4v) is 1.62. The molecule has 5 nitrogen and oxygen atoms in total. The number of nitrogens with two attached hydrogens (primary N) is 1. The standard InChI is InChI=1S/C12H25N3O2.ClH/c1-3-5-7-10(6-4-2)15-12(17)9-14-11(16)8-13;/h10H,3-9,13H2,1-2H3,(H,14,16)(H,15,17);1H. The van der Waals surface area contributed by atoms with E-state index in [2.05, 4.69) is 24.5 Å². The van der Waals surface area contributed by atoms with E-state index in [9.17, 15) is 9.59 Å². The maximum Gasteiger partial charge on any atom is 0.239 e. The minimum atomic E-state index is -0.305. The van der Waals surface area contributed by atoms with Crippen molar-refractivity contribution in [3.05, 3.63) is 0 Å². The Hall–Kier alpha value is -0.810. The van der Waals surface area contributed by atoms with Crippen LogP contribution in [0, 0.1) is 0 Å². The molecule has 0 aromatic rings. The van der Waals surface area contributed by atoms with Crippen molar-refractivity contribution in [3.63, 3.8) is 0 Å². The van der Waals surface area contributed by atoms with Crippen molar-refractivity contribution in [2.24, 2.45) is 5.73 Å². The van der Waals surface area contributed by atoms with E-state index < -0.39 is 0 Å². The lowest BCUT2D eigenvalue weighted by Crippen LogP contribution is -2.43. The minimum absolute atomic E-state index is 0. The molecule has 0 aromatic carbocycles. The molecule has 2 amide bonds. The van der Waals surface area contributed by atoms with Gasteiger partial charge in [0.15, 0.2) is 0 Å². The van der Waals surface area contributed by atoms with Gasteiger partial charge < -0.3 is 16.4 Å². The van der Waals surface area contributed by atoms with Crippen LogP contribution in [0.5, 0.6) is 0 Å². The monoisotopic (exact) mass is 279 g/mol. The molecule has 0 aliphatic carbocycles. The second-order valence-corrected chi connectivity index (χ2v) is 4.18. The van der Waals surface area contributed by atoms with Gasteiger partial charge in [-0.15, -0.1) is 12.4 Å². The molecule has 18 heavy (non-hydrogen) atoms. The molecule has 0 radical (unpaired) electrons. The highest BCUT2D eigenvalue weighted by Crippen LogP contribution is 2.06. The van der Waals surface area contributed by atoms with Crippen LogP contribution < -0.4 is 16.4 Å². The Morgan fingerprint density at radius 1 is 1.11 bits per heavy atom. The van der Waals surface area contributed by atoms with E-state index in [-0.39, 0.29) is 43.4 Å². The Morgan fingerprint density at radius 2 is 1.78 bits per heavy atom. The number of halogens is 1. The molecule has 0 bridgehead atoms. The summed E-state index contributed by atoms with van der Waals surface area (Å²) >= 11 is 0. The third kappa shape index (κ3) is 10.4. The quantitative estimate of drug-likeness (QED) is 0.588. The minimum Gasteiger partial charge on any atom is -0.352 e. The lowest BCUT2D eigenvalue weighted by molar-refractivity contribution is -0.125. The topological polar surface area (TPSA) is 84.2 Å². The lowest BCUT2D eigenvalue weighted by atomic mass is 10.1. The Bertz CT molecular complexity index is 237. The van der Waals surface area contributed by atoms with Crippen LogP contribution in [-0.2, 0) is 9.59 Å². The number of hydrogen-bond acceptors (Lipinski definition) is 3. The van der Waals surface area contributed by atoms with E-state index in [4.69, 9.17) is 5.73 Å². The summed E-state index contributed by atoms with van der Waals surface area (Å²) in [4.78, 5) is 22.4. The summed E-state index contributed by atoms with van der Waals surface area (Å²) in [5.41, 5.74) is 5.13. The number of carbonyl (C=O) groups is 2. The number of rotatable bonds is 9. The average molecular weight is 280 g/mol. The highest BCUT2D eigenvalue weighted by atomic mass is 35.5. The van der Waals surface area contributed by atoms with Gasteiger partial charge in [0.25, 0.3) is 0 Å². The van der Waals surface area contributed by atoms with E-state index >= 15 is 0 Å². The largest absolute Gasteiger partial charge is 0.352 e. The zero-order valence-electron chi connectivity index (χ0n) is 11.3. The summed E-state index contributed by atoms with van der Waals surface area (Å²) in [6.45, 7) is 4.16. The number of amides is 2. The molecule has 4 N–H and O–H groups in total. The van der Waals surface area contributed by atoms with Crippen LogP contribution in [0.2, 0.25) is 0 Å². The molecule has 1 unspecified atom stereocenters. The average Bonchev–Trinajstić information content (AvgIpc) is 2.33. The van der Waals surface area contributed by atoms with Gasteiger partial charge in [-0.3, -0.25) is 9.59 Å². The first-order valence-corrected chi connectivity index (χ1v) is 6.40. The van der Waals surface area contributed by atoms with Crippen molar-refractivity contribution in [1.82, 2.24) is 10.6 Å². The summed E-state index contributed by atoms with van der Waals surface area (Å²) in [6.07, 6.45) is 5.27. The molecule has 0 fully saturated rings. The third-order valence-corrected chi connectivity index (χ3v) is 2.54. The van der Waals surface area contributed by atoms with Crippen LogP contribution in [0.25, 0.3) is 0 Å². The first kappa shape index (κ1) is 19.5. The van der Waals surface area contributed by atoms with Gasteiger partial charge in [0, 0.05) is 6.04 Å². The summed E-state index contributed by atoms with van der Waals surface area (Å²) in [5, 5.41) is 5.40. The third-order valence-electron chi connectivity index (χ3n) is 2.54. The van der Waals surface area contributed by atoms with Crippen molar-refractivity contribution in [2.75, 3.05) is 13.1 Å². The Balaban J connectivity index is 0. The fraction of sp³-hybridized carbons (Fsp3) is 0.833. The second kappa shape index (κ2) is 12.6. The van der Waals surface area contributed by atoms with Crippen LogP contribution in [0.1, 0.15) is 46.0 Å². The van der Waals surface area contributed by atoms with Crippen molar-refractivity contribution in [1.29, 1.82) is 0 Å². The summed E-state index contributed by atoms with van der Waals surface area (Å²) in [6, 6.07) is 0.224. The molecule has 6 heteroatoms. The summed E-state index contributed by atoms with van der Waals surface area (Å²) < 4.78 is 0. The van der Waals surface area contributed by atoms with Gasteiger partial charge in [0.2, 0.25) is 11.8 Å². The van der Waals surface area contributed by atoms with Gasteiger partial charge in [-0.1, -0.05) is 33.1 Å². The highest BCUT2D eigenvalue weighted by Gasteiger charge is 2.11. The number of unbranched alkanes of at least 4 members (excludes halogenated alkanes) is 1. The Kier molecular flexibility index (Phi) is 13.7. The van der Waals surface area contributed by atoms with E-state index in [0.29, 0.717) is 0 Å². The van der Waals surface area contributed by atoms with Gasteiger partial charge in [-0.25, -0.2) is 0 Å². The van der Waals surface area contributed by atoms with Gasteiger partial charge in [0.1, 0.15) is 0 Å². The van der Waals surface area contributed by atoms with Crippen molar-refractivity contribution in [2.45, 2.75) is 52.0 Å². The smallest absolute Gasteiger partial charge is 0.239 e. The molecule has 108 valence electrons. The van der Waals surface area contributed by atoms with Crippen LogP contribution >= 0.6 is 12.4 Å². The van der Waals surface area contributed by atoms with Crippen molar-refractivity contribution < 1.29 is 9.59 Å². The van der Waals surface area contributed by atoms with Crippen LogP contribution in [0.15, 0.2) is 0 Å². The molecular weight excluding hydrogens is 254 g/mol. The van der Waals surface area contributed by atoms with Gasteiger partial charge in [-0.2, -0.15) is 0 Å². The van der Waals surface area contributed by atoms with E-state index in [1.165, 1.54) is 0 Å². The summed E-state index contributed by atoms with van der Waals surface area (Å²) in [7, 11) is 0. The van der Waals surface area contributed by atoms with E-state index in [1.807, 2.05) is 0 Å². The Labute approximate surface area is 116 Å². The molecule has 0 rings (SSSR count). The fourth-order valence-electron chi connectivity index (χ4n) is 1.62. The summed E-state index contributed by atoms with van der Waals surface area (Å²) in [5.74, 6) is -0.442. The van der Waals surface area contributed by atoms with Crippen LogP contribution in [0.4, 0.5) is 0 Å². The normalized spacial score (nSPS) is 11.3. The maximum absolute atomic E-state index is 11.5. The van der Waals surface area contributed by atoms with Gasteiger partial charge >= 0.3 is 0 Å². The predicted molar refractivity (Wildman–Crippen MR) is 75.7 cm³/mol. The molecule has 0 saturated carbocycles. The van der Waals surface area contributed by atoms with Gasteiger partial charge in [-0.05, 0) is 12.8 Å². The molecular formula is C12H26ClN3O2. The van der Waals surface area contributed by atoms with Crippen molar-refractivity contribution in [3.8, 4) is 0 Å². The second-order valence-electron chi connectivity index (χ2n) is 4.18. The maximum atomic E-state index is 11.5. The molecule has 0 saturated heterocycles. The number of carbonyl (C=O) groups excluding carboxylic acids is 2. The first-order valence-electron chi connectivity index (χ1n) is 6.40. The van der Waals surface area contributed by atoms with Crippen molar-refractivity contribution >= 4 is 24.2 Å². The molecule has 0 aliphatic heterocycles. The number of hydrogen-bond donors (Lipinski definition) is 3. The molecule has 1 atom stereocenters. The molecule has 0 aliphatic rings. The predicted octanol–water partition coefficient (Wildman–Crippen LogP) is 0.958. The zero-order chi connectivity index (χ0) is 13.1.